The van der Waals surface area contributed by atoms with Crippen LogP contribution in [0.1, 0.15) is 54.9 Å². The zero-order valence-electron chi connectivity index (χ0n) is 16.0. The minimum absolute atomic E-state index is 0. The van der Waals surface area contributed by atoms with E-state index in [2.05, 4.69) is 13.8 Å². The number of benzene rings is 2. The van der Waals surface area contributed by atoms with E-state index in [1.807, 2.05) is 30.3 Å². The molecule has 0 saturated heterocycles. The number of ether oxygens (including phenoxy) is 2. The first kappa shape index (κ1) is 20.9. The summed E-state index contributed by atoms with van der Waals surface area (Å²) in [6, 6.07) is 9.83. The van der Waals surface area contributed by atoms with Gasteiger partial charge in [0.25, 0.3) is 0 Å². The van der Waals surface area contributed by atoms with E-state index in [9.17, 15) is 4.79 Å². The first-order valence-corrected chi connectivity index (χ1v) is 9.66. The quantitative estimate of drug-likeness (QED) is 0.717. The molecule has 0 spiro atoms. The van der Waals surface area contributed by atoms with Crippen LogP contribution < -0.4 is 9.47 Å². The zero-order valence-corrected chi connectivity index (χ0v) is 17.8. The van der Waals surface area contributed by atoms with Crippen molar-refractivity contribution in [1.82, 2.24) is 0 Å². The first-order valence-electron chi connectivity index (χ1n) is 9.28. The van der Waals surface area contributed by atoms with Gasteiger partial charge in [0.05, 0.1) is 6.42 Å². The van der Waals surface area contributed by atoms with Gasteiger partial charge in [-0.05, 0) is 73.6 Å². The molecule has 1 aliphatic carbocycles. The smallest absolute Gasteiger partial charge is 0.303 e. The molecule has 0 radical (unpaired) electrons. The van der Waals surface area contributed by atoms with Crippen LogP contribution in [0.25, 0.3) is 0 Å². The summed E-state index contributed by atoms with van der Waals surface area (Å²) in [4.78, 5) is 11.0. The lowest BCUT2D eigenvalue weighted by atomic mass is 9.98. The summed E-state index contributed by atoms with van der Waals surface area (Å²) in [5, 5.41) is 9.75. The van der Waals surface area contributed by atoms with Crippen LogP contribution in [-0.2, 0) is 24.2 Å². The van der Waals surface area contributed by atoms with Crippen LogP contribution in [-0.4, -0.2) is 16.7 Å². The van der Waals surface area contributed by atoms with Crippen LogP contribution in [0.5, 0.6) is 11.5 Å². The Morgan fingerprint density at radius 1 is 1.29 bits per heavy atom. The number of halogens is 1. The Bertz CT molecular complexity index is 910. The standard InChI is InChI=1S/C22H23ClO4.H2S/c1-22(2)11-15-7-17(23)8-16(21(15)27-22)12-26-18-5-6-19-13(9-18)3-4-14(19)10-20(24)25;/h5-9,14H,3-4,10-12H2,1-2H3,(H,24,25);1H2/t14-;/m0./s1. The highest BCUT2D eigenvalue weighted by molar-refractivity contribution is 7.59. The highest BCUT2D eigenvalue weighted by atomic mass is 35.5. The molecule has 0 bridgehead atoms. The molecule has 1 heterocycles. The van der Waals surface area contributed by atoms with Gasteiger partial charge in [0.1, 0.15) is 23.7 Å². The third-order valence-electron chi connectivity index (χ3n) is 5.33. The van der Waals surface area contributed by atoms with Crippen molar-refractivity contribution in [2.75, 3.05) is 0 Å². The largest absolute Gasteiger partial charge is 0.489 e. The average molecular weight is 421 g/mol. The molecule has 0 unspecified atom stereocenters. The van der Waals surface area contributed by atoms with E-state index >= 15 is 0 Å². The number of hydrogen-bond donors (Lipinski definition) is 1. The fourth-order valence-corrected chi connectivity index (χ4v) is 4.47. The van der Waals surface area contributed by atoms with Gasteiger partial charge in [-0.2, -0.15) is 13.5 Å². The Morgan fingerprint density at radius 3 is 2.82 bits per heavy atom. The van der Waals surface area contributed by atoms with Crippen molar-refractivity contribution in [2.24, 2.45) is 0 Å². The van der Waals surface area contributed by atoms with Crippen molar-refractivity contribution in [3.05, 3.63) is 57.6 Å². The maximum absolute atomic E-state index is 11.0. The van der Waals surface area contributed by atoms with Crippen LogP contribution in [0.2, 0.25) is 5.02 Å². The van der Waals surface area contributed by atoms with Gasteiger partial charge in [0.2, 0.25) is 0 Å². The van der Waals surface area contributed by atoms with E-state index in [1.165, 1.54) is 5.56 Å². The van der Waals surface area contributed by atoms with Crippen molar-refractivity contribution in [1.29, 1.82) is 0 Å². The summed E-state index contributed by atoms with van der Waals surface area (Å²) in [5.41, 5.74) is 4.17. The molecule has 6 heteroatoms. The molecule has 1 atom stereocenters. The fraction of sp³-hybridized carbons (Fsp3) is 0.409. The number of fused-ring (bicyclic) bond motifs is 2. The molecule has 1 N–H and O–H groups in total. The number of hydrogen-bond acceptors (Lipinski definition) is 3. The van der Waals surface area contributed by atoms with Gasteiger partial charge >= 0.3 is 5.97 Å². The number of carboxylic acids is 1. The molecular formula is C22H25ClO4S. The fourth-order valence-electron chi connectivity index (χ4n) is 4.21. The maximum Gasteiger partial charge on any atom is 0.303 e. The number of rotatable bonds is 5. The number of carbonyl (C=O) groups is 1. The minimum Gasteiger partial charge on any atom is -0.489 e. The van der Waals surface area contributed by atoms with Gasteiger partial charge in [0, 0.05) is 17.0 Å². The first-order chi connectivity index (χ1) is 12.8. The summed E-state index contributed by atoms with van der Waals surface area (Å²) in [5.74, 6) is 1.03. The summed E-state index contributed by atoms with van der Waals surface area (Å²) in [7, 11) is 0. The van der Waals surface area contributed by atoms with Gasteiger partial charge in [-0.1, -0.05) is 17.7 Å². The minimum atomic E-state index is -0.745. The van der Waals surface area contributed by atoms with Crippen LogP contribution >= 0.6 is 25.1 Å². The van der Waals surface area contributed by atoms with Crippen molar-refractivity contribution in [2.45, 2.75) is 57.7 Å². The molecular weight excluding hydrogens is 396 g/mol. The second-order valence-electron chi connectivity index (χ2n) is 8.07. The third-order valence-corrected chi connectivity index (χ3v) is 5.55. The van der Waals surface area contributed by atoms with Crippen molar-refractivity contribution < 1.29 is 19.4 Å². The maximum atomic E-state index is 11.0. The van der Waals surface area contributed by atoms with Crippen molar-refractivity contribution in [3.8, 4) is 11.5 Å². The zero-order chi connectivity index (χ0) is 19.2. The monoisotopic (exact) mass is 420 g/mol. The van der Waals surface area contributed by atoms with E-state index in [0.717, 1.165) is 47.5 Å². The van der Waals surface area contributed by atoms with Crippen LogP contribution in [0.3, 0.4) is 0 Å². The van der Waals surface area contributed by atoms with Crippen LogP contribution in [0.4, 0.5) is 0 Å². The molecule has 0 saturated carbocycles. The lowest BCUT2D eigenvalue weighted by Crippen LogP contribution is -2.25. The van der Waals surface area contributed by atoms with E-state index in [-0.39, 0.29) is 31.4 Å². The topological polar surface area (TPSA) is 55.8 Å². The average Bonchev–Trinajstić information content (AvgIpc) is 3.11. The number of aliphatic carboxylic acids is 1. The molecule has 2 aromatic carbocycles. The Kier molecular flexibility index (Phi) is 5.87. The van der Waals surface area contributed by atoms with Gasteiger partial charge in [-0.3, -0.25) is 4.79 Å². The predicted octanol–water partition coefficient (Wildman–Crippen LogP) is 5.25. The van der Waals surface area contributed by atoms with Gasteiger partial charge in [-0.15, -0.1) is 0 Å². The molecule has 0 amide bonds. The van der Waals surface area contributed by atoms with E-state index < -0.39 is 5.97 Å². The third kappa shape index (κ3) is 4.26. The molecule has 150 valence electrons. The number of carboxylic acid groups (broad SMARTS) is 1. The summed E-state index contributed by atoms with van der Waals surface area (Å²) < 4.78 is 12.1. The Labute approximate surface area is 177 Å². The van der Waals surface area contributed by atoms with Gasteiger partial charge < -0.3 is 14.6 Å². The number of aryl methyl sites for hydroxylation is 1. The van der Waals surface area contributed by atoms with Crippen molar-refractivity contribution >= 4 is 31.1 Å². The lowest BCUT2D eigenvalue weighted by molar-refractivity contribution is -0.137. The predicted molar refractivity (Wildman–Crippen MR) is 114 cm³/mol. The van der Waals surface area contributed by atoms with Crippen molar-refractivity contribution in [3.63, 3.8) is 0 Å². The Morgan fingerprint density at radius 2 is 2.07 bits per heavy atom. The van der Waals surface area contributed by atoms with E-state index in [0.29, 0.717) is 11.6 Å². The molecule has 4 rings (SSSR count). The van der Waals surface area contributed by atoms with E-state index in [4.69, 9.17) is 26.2 Å². The second-order valence-corrected chi connectivity index (χ2v) is 8.51. The molecule has 0 fully saturated rings. The van der Waals surface area contributed by atoms with Crippen LogP contribution in [0, 0.1) is 0 Å². The van der Waals surface area contributed by atoms with E-state index in [1.54, 1.807) is 0 Å². The molecule has 2 aromatic rings. The summed E-state index contributed by atoms with van der Waals surface area (Å²) in [6.45, 7) is 4.52. The van der Waals surface area contributed by atoms with Gasteiger partial charge in [-0.25, -0.2) is 0 Å². The Hall–Kier alpha value is -1.85. The highest BCUT2D eigenvalue weighted by Gasteiger charge is 2.32. The molecule has 2 aliphatic rings. The highest BCUT2D eigenvalue weighted by Crippen LogP contribution is 2.41. The summed E-state index contributed by atoms with van der Waals surface area (Å²) in [6.07, 6.45) is 2.80. The molecule has 0 aromatic heterocycles. The van der Waals surface area contributed by atoms with Gasteiger partial charge in [0.15, 0.2) is 0 Å². The van der Waals surface area contributed by atoms with Crippen LogP contribution in [0.15, 0.2) is 30.3 Å². The normalized spacial score (nSPS) is 18.6. The lowest BCUT2D eigenvalue weighted by Gasteiger charge is -2.18. The molecule has 1 aliphatic heterocycles. The molecule has 4 nitrogen and oxygen atoms in total. The SMILES string of the molecule is CC1(C)Cc2cc(Cl)cc(COc3ccc4c(c3)CC[C@H]4CC(=O)O)c2O1.S. The molecule has 28 heavy (non-hydrogen) atoms. The second kappa shape index (κ2) is 7.88. The Balaban J connectivity index is 0.00000225. The summed E-state index contributed by atoms with van der Waals surface area (Å²) >= 11 is 6.28.